The normalized spacial score (nSPS) is 17.9. The zero-order chi connectivity index (χ0) is 23.0. The van der Waals surface area contributed by atoms with Crippen molar-refractivity contribution < 1.29 is 24.0 Å². The topological polar surface area (TPSA) is 92.9 Å². The molecule has 0 saturated carbocycles. The zero-order valence-electron chi connectivity index (χ0n) is 18.3. The molecule has 2 aromatic carbocycles. The van der Waals surface area contributed by atoms with E-state index in [0.29, 0.717) is 28.6 Å². The van der Waals surface area contributed by atoms with Gasteiger partial charge in [-0.25, -0.2) is 0 Å². The molecule has 7 nitrogen and oxygen atoms in total. The summed E-state index contributed by atoms with van der Waals surface area (Å²) in [6.07, 6.45) is 0. The highest BCUT2D eigenvalue weighted by molar-refractivity contribution is 6.51. The van der Waals surface area contributed by atoms with Gasteiger partial charge in [0.15, 0.2) is 5.82 Å². The number of benzene rings is 2. The van der Waals surface area contributed by atoms with Crippen molar-refractivity contribution in [3.63, 3.8) is 0 Å². The molecular weight excluding hydrogens is 408 g/mol. The number of nitrogens with zero attached hydrogens (tertiary/aromatic N) is 2. The summed E-state index contributed by atoms with van der Waals surface area (Å²) < 4.78 is 10.3. The van der Waals surface area contributed by atoms with Crippen LogP contribution in [-0.2, 0) is 9.59 Å². The number of aryl methyl sites for hydroxylation is 1. The molecule has 0 aliphatic carbocycles. The van der Waals surface area contributed by atoms with E-state index in [1.165, 1.54) is 4.90 Å². The Morgan fingerprint density at radius 1 is 1.09 bits per heavy atom. The van der Waals surface area contributed by atoms with Crippen LogP contribution in [0.4, 0.5) is 5.82 Å². The maximum atomic E-state index is 13.1. The van der Waals surface area contributed by atoms with Gasteiger partial charge in [0, 0.05) is 11.6 Å². The number of Topliss-reactive ketones (excluding diaryl/α,β-unsaturated/α-hetero) is 1. The molecule has 1 amide bonds. The summed E-state index contributed by atoms with van der Waals surface area (Å²) in [5.41, 5.74) is 2.21. The molecule has 0 radical (unpaired) electrons. The molecule has 1 aliphatic rings. The fraction of sp³-hybridized carbons (Fsp3) is 0.240. The van der Waals surface area contributed by atoms with Crippen LogP contribution < -0.4 is 9.64 Å². The van der Waals surface area contributed by atoms with Gasteiger partial charge in [0.1, 0.15) is 17.3 Å². The summed E-state index contributed by atoms with van der Waals surface area (Å²) in [7, 11) is 1.54. The summed E-state index contributed by atoms with van der Waals surface area (Å²) >= 11 is 0. The fourth-order valence-corrected chi connectivity index (χ4v) is 3.82. The molecule has 1 fully saturated rings. The van der Waals surface area contributed by atoms with Gasteiger partial charge in [-0.3, -0.25) is 14.5 Å². The second-order valence-electron chi connectivity index (χ2n) is 8.01. The number of methoxy groups -OCH3 is 1. The molecule has 4 rings (SSSR count). The molecule has 0 bridgehead atoms. The van der Waals surface area contributed by atoms with Gasteiger partial charge >= 0.3 is 5.91 Å². The second-order valence-corrected chi connectivity index (χ2v) is 8.01. The van der Waals surface area contributed by atoms with Crippen LogP contribution in [0.1, 0.15) is 48.3 Å². The van der Waals surface area contributed by atoms with Crippen LogP contribution in [-0.4, -0.2) is 29.1 Å². The summed E-state index contributed by atoms with van der Waals surface area (Å²) in [4.78, 5) is 27.4. The zero-order valence-corrected chi connectivity index (χ0v) is 18.3. The number of amides is 1. The van der Waals surface area contributed by atoms with Crippen LogP contribution in [0.3, 0.4) is 0 Å². The number of carbonyl (C=O) groups excluding carboxylic acids is 2. The quantitative estimate of drug-likeness (QED) is 0.356. The lowest BCUT2D eigenvalue weighted by Gasteiger charge is -2.23. The number of aromatic nitrogens is 1. The van der Waals surface area contributed by atoms with Crippen LogP contribution >= 0.6 is 0 Å². The van der Waals surface area contributed by atoms with Crippen molar-refractivity contribution in [2.75, 3.05) is 12.0 Å². The van der Waals surface area contributed by atoms with Gasteiger partial charge in [-0.05, 0) is 48.2 Å². The van der Waals surface area contributed by atoms with Crippen molar-refractivity contribution in [2.45, 2.75) is 32.7 Å². The van der Waals surface area contributed by atoms with E-state index in [2.05, 4.69) is 19.0 Å². The SMILES string of the molecule is COc1ccc(/C(O)=C2\C(=O)C(=O)N(c3cc(C)on3)[C@@H]2c2ccc(C(C)C)cc2)cc1. The molecule has 1 atom stereocenters. The first-order valence-electron chi connectivity index (χ1n) is 10.3. The Morgan fingerprint density at radius 2 is 1.75 bits per heavy atom. The number of hydrogen-bond acceptors (Lipinski definition) is 6. The van der Waals surface area contributed by atoms with Crippen molar-refractivity contribution in [1.82, 2.24) is 5.16 Å². The van der Waals surface area contributed by atoms with Gasteiger partial charge in [-0.1, -0.05) is 43.3 Å². The molecule has 1 N–H and O–H groups in total. The standard InChI is InChI=1S/C25H24N2O5/c1-14(2)16-5-7-17(8-6-16)22-21(23(28)18-9-11-19(31-4)12-10-18)24(29)25(30)27(22)20-13-15(3)32-26-20/h5-14,22,28H,1-4H3/b23-21+/t22-/m1/s1. The van der Waals surface area contributed by atoms with Gasteiger partial charge in [0.25, 0.3) is 5.78 Å². The van der Waals surface area contributed by atoms with Gasteiger partial charge < -0.3 is 14.4 Å². The van der Waals surface area contributed by atoms with E-state index in [9.17, 15) is 14.7 Å². The lowest BCUT2D eigenvalue weighted by molar-refractivity contribution is -0.132. The summed E-state index contributed by atoms with van der Waals surface area (Å²) in [5, 5.41) is 15.1. The molecule has 1 aromatic heterocycles. The number of ether oxygens (including phenoxy) is 1. The smallest absolute Gasteiger partial charge is 0.301 e. The highest BCUT2D eigenvalue weighted by Gasteiger charge is 2.48. The Labute approximate surface area is 185 Å². The summed E-state index contributed by atoms with van der Waals surface area (Å²) in [5.74, 6) is -0.147. The summed E-state index contributed by atoms with van der Waals surface area (Å²) in [6.45, 7) is 5.88. The van der Waals surface area contributed by atoms with Gasteiger partial charge in [0.2, 0.25) is 0 Å². The fourth-order valence-electron chi connectivity index (χ4n) is 3.82. The average molecular weight is 432 g/mol. The number of ketones is 1. The number of anilines is 1. The number of rotatable bonds is 5. The number of hydrogen-bond donors (Lipinski definition) is 1. The van der Waals surface area contributed by atoms with E-state index in [4.69, 9.17) is 9.26 Å². The van der Waals surface area contributed by atoms with E-state index in [1.54, 1.807) is 44.4 Å². The minimum atomic E-state index is -0.845. The van der Waals surface area contributed by atoms with E-state index < -0.39 is 17.7 Å². The molecule has 3 aromatic rings. The molecule has 1 saturated heterocycles. The number of aliphatic hydroxyl groups is 1. The number of carbonyl (C=O) groups is 2. The minimum absolute atomic E-state index is 0.00174. The maximum Gasteiger partial charge on any atom is 0.301 e. The van der Waals surface area contributed by atoms with E-state index in [-0.39, 0.29) is 17.2 Å². The predicted molar refractivity (Wildman–Crippen MR) is 120 cm³/mol. The molecule has 164 valence electrons. The van der Waals surface area contributed by atoms with Crippen molar-refractivity contribution >= 4 is 23.3 Å². The van der Waals surface area contributed by atoms with Crippen LogP contribution in [0.15, 0.2) is 64.7 Å². The van der Waals surface area contributed by atoms with E-state index in [0.717, 1.165) is 5.56 Å². The largest absolute Gasteiger partial charge is 0.507 e. The van der Waals surface area contributed by atoms with Crippen molar-refractivity contribution in [3.05, 3.63) is 82.6 Å². The first-order valence-corrected chi connectivity index (χ1v) is 10.3. The second kappa shape index (κ2) is 8.34. The van der Waals surface area contributed by atoms with Gasteiger partial charge in [0.05, 0.1) is 18.7 Å². The summed E-state index contributed by atoms with van der Waals surface area (Å²) in [6, 6.07) is 15.0. The Morgan fingerprint density at radius 3 is 2.28 bits per heavy atom. The Kier molecular flexibility index (Phi) is 5.57. The van der Waals surface area contributed by atoms with Crippen molar-refractivity contribution in [3.8, 4) is 5.75 Å². The van der Waals surface area contributed by atoms with E-state index in [1.807, 2.05) is 24.3 Å². The average Bonchev–Trinajstić information content (AvgIpc) is 3.34. The predicted octanol–water partition coefficient (Wildman–Crippen LogP) is 4.74. The van der Waals surface area contributed by atoms with Crippen LogP contribution in [0.25, 0.3) is 5.76 Å². The third-order valence-corrected chi connectivity index (χ3v) is 5.59. The van der Waals surface area contributed by atoms with Crippen molar-refractivity contribution in [2.24, 2.45) is 0 Å². The molecule has 0 unspecified atom stereocenters. The first-order chi connectivity index (χ1) is 15.3. The monoisotopic (exact) mass is 432 g/mol. The third-order valence-electron chi connectivity index (χ3n) is 5.59. The van der Waals surface area contributed by atoms with Crippen LogP contribution in [0.5, 0.6) is 5.75 Å². The molecule has 7 heteroatoms. The highest BCUT2D eigenvalue weighted by Crippen LogP contribution is 2.42. The first kappa shape index (κ1) is 21.4. The lowest BCUT2D eigenvalue weighted by Crippen LogP contribution is -2.29. The van der Waals surface area contributed by atoms with Crippen LogP contribution in [0.2, 0.25) is 0 Å². The Bertz CT molecular complexity index is 1190. The van der Waals surface area contributed by atoms with Crippen molar-refractivity contribution in [1.29, 1.82) is 0 Å². The molecule has 2 heterocycles. The van der Waals surface area contributed by atoms with E-state index >= 15 is 0 Å². The third kappa shape index (κ3) is 3.66. The minimum Gasteiger partial charge on any atom is -0.507 e. The molecule has 1 aliphatic heterocycles. The Hall–Kier alpha value is -3.87. The Balaban J connectivity index is 1.89. The van der Waals surface area contributed by atoms with Gasteiger partial charge in [-0.15, -0.1) is 0 Å². The van der Waals surface area contributed by atoms with Gasteiger partial charge in [-0.2, -0.15) is 0 Å². The molecular formula is C25H24N2O5. The highest BCUT2D eigenvalue weighted by atomic mass is 16.5. The maximum absolute atomic E-state index is 13.1. The molecule has 0 spiro atoms. The van der Waals surface area contributed by atoms with Crippen LogP contribution in [0, 0.1) is 6.92 Å². The lowest BCUT2D eigenvalue weighted by atomic mass is 9.93. The number of aliphatic hydroxyl groups excluding tert-OH is 1. The molecule has 32 heavy (non-hydrogen) atoms.